The van der Waals surface area contributed by atoms with E-state index < -0.39 is 10.0 Å². The molecule has 2 aromatic carbocycles. The summed E-state index contributed by atoms with van der Waals surface area (Å²) in [4.78, 5) is 5.81. The van der Waals surface area contributed by atoms with E-state index in [1.165, 1.54) is 33.8 Å². The van der Waals surface area contributed by atoms with Gasteiger partial charge in [0.05, 0.1) is 34.3 Å². The Labute approximate surface area is 177 Å². The lowest BCUT2D eigenvalue weighted by molar-refractivity contribution is 0.393. The average Bonchev–Trinajstić information content (AvgIpc) is 3.13. The fourth-order valence-corrected chi connectivity index (χ4v) is 6.04. The van der Waals surface area contributed by atoms with E-state index in [4.69, 9.17) is 32.9 Å². The second-order valence-electron chi connectivity index (χ2n) is 6.29. The molecule has 5 nitrogen and oxygen atoms in total. The van der Waals surface area contributed by atoms with E-state index in [9.17, 15) is 8.42 Å². The molecule has 0 atom stereocenters. The standard InChI is InChI=1S/C19H16Cl2N2O3S2/c1-26-13-4-2-3-12(9-13)19-22-17-7-8-23(11-18(17)27-19)28(24,25)14-5-6-15(20)16(21)10-14/h2-6,9-10H,7-8,11H2,1H3. The van der Waals surface area contributed by atoms with Gasteiger partial charge in [-0.15, -0.1) is 11.3 Å². The van der Waals surface area contributed by atoms with Crippen molar-refractivity contribution in [3.63, 3.8) is 0 Å². The molecule has 0 aliphatic carbocycles. The second kappa shape index (κ2) is 7.65. The first-order chi connectivity index (χ1) is 13.4. The van der Waals surface area contributed by atoms with Crippen LogP contribution in [-0.4, -0.2) is 31.4 Å². The molecule has 28 heavy (non-hydrogen) atoms. The molecule has 146 valence electrons. The summed E-state index contributed by atoms with van der Waals surface area (Å²) in [6.07, 6.45) is 0.566. The summed E-state index contributed by atoms with van der Waals surface area (Å²) in [5.41, 5.74) is 1.90. The number of rotatable bonds is 4. The highest BCUT2D eigenvalue weighted by Gasteiger charge is 2.31. The largest absolute Gasteiger partial charge is 0.497 e. The summed E-state index contributed by atoms with van der Waals surface area (Å²) in [5, 5.41) is 1.41. The van der Waals surface area contributed by atoms with Crippen LogP contribution in [0.3, 0.4) is 0 Å². The van der Waals surface area contributed by atoms with Crippen molar-refractivity contribution in [2.24, 2.45) is 0 Å². The zero-order valence-electron chi connectivity index (χ0n) is 14.9. The van der Waals surface area contributed by atoms with Gasteiger partial charge >= 0.3 is 0 Å². The van der Waals surface area contributed by atoms with Gasteiger partial charge in [0.1, 0.15) is 10.8 Å². The summed E-state index contributed by atoms with van der Waals surface area (Å²) in [6.45, 7) is 0.663. The lowest BCUT2D eigenvalue weighted by Gasteiger charge is -2.25. The molecule has 0 bridgehead atoms. The van der Waals surface area contributed by atoms with E-state index in [1.54, 1.807) is 7.11 Å². The first kappa shape index (κ1) is 19.7. The Kier molecular flexibility index (Phi) is 5.37. The SMILES string of the molecule is COc1cccc(-c2nc3c(s2)CN(S(=O)(=O)c2ccc(Cl)c(Cl)c2)CC3)c1. The third-order valence-corrected chi connectivity index (χ3v) is 8.25. The zero-order chi connectivity index (χ0) is 19.9. The molecule has 1 aromatic heterocycles. The van der Waals surface area contributed by atoms with E-state index in [0.717, 1.165) is 26.9 Å². The number of fused-ring (bicyclic) bond motifs is 1. The molecule has 0 unspecified atom stereocenters. The Bertz CT molecular complexity index is 1150. The third kappa shape index (κ3) is 3.65. The fourth-order valence-electron chi connectivity index (χ4n) is 3.04. The number of aromatic nitrogens is 1. The van der Waals surface area contributed by atoms with Gasteiger partial charge in [0.15, 0.2) is 0 Å². The van der Waals surface area contributed by atoms with Crippen molar-refractivity contribution in [1.29, 1.82) is 0 Å². The van der Waals surface area contributed by atoms with Gasteiger partial charge in [-0.1, -0.05) is 35.3 Å². The molecule has 2 heterocycles. The number of halogens is 2. The second-order valence-corrected chi connectivity index (χ2v) is 10.1. The van der Waals surface area contributed by atoms with Crippen molar-refractivity contribution in [1.82, 2.24) is 9.29 Å². The predicted octanol–water partition coefficient (Wildman–Crippen LogP) is 4.87. The molecule has 0 fully saturated rings. The number of hydrogen-bond acceptors (Lipinski definition) is 5. The van der Waals surface area contributed by atoms with Crippen molar-refractivity contribution < 1.29 is 13.2 Å². The highest BCUT2D eigenvalue weighted by atomic mass is 35.5. The summed E-state index contributed by atoms with van der Waals surface area (Å²) in [6, 6.07) is 12.1. The molecule has 1 aliphatic heterocycles. The summed E-state index contributed by atoms with van der Waals surface area (Å²) < 4.78 is 32.8. The van der Waals surface area contributed by atoms with Gasteiger partial charge < -0.3 is 4.74 Å². The molecule has 0 radical (unpaired) electrons. The zero-order valence-corrected chi connectivity index (χ0v) is 18.0. The number of sulfonamides is 1. The lowest BCUT2D eigenvalue weighted by atomic mass is 10.2. The lowest BCUT2D eigenvalue weighted by Crippen LogP contribution is -2.35. The fraction of sp³-hybridized carbons (Fsp3) is 0.211. The Morgan fingerprint density at radius 3 is 2.71 bits per heavy atom. The minimum absolute atomic E-state index is 0.142. The molecule has 0 saturated carbocycles. The minimum atomic E-state index is -3.66. The van der Waals surface area contributed by atoms with Gasteiger partial charge in [-0.25, -0.2) is 13.4 Å². The maximum Gasteiger partial charge on any atom is 0.243 e. The number of nitrogens with zero attached hydrogens (tertiary/aromatic N) is 2. The van der Waals surface area contributed by atoms with E-state index in [-0.39, 0.29) is 9.92 Å². The van der Waals surface area contributed by atoms with Crippen LogP contribution < -0.4 is 4.74 Å². The van der Waals surface area contributed by atoms with Gasteiger partial charge in [-0.3, -0.25) is 0 Å². The van der Waals surface area contributed by atoms with E-state index in [2.05, 4.69) is 0 Å². The highest BCUT2D eigenvalue weighted by molar-refractivity contribution is 7.89. The normalized spacial score (nSPS) is 14.7. The summed E-state index contributed by atoms with van der Waals surface area (Å²) in [5.74, 6) is 0.759. The van der Waals surface area contributed by atoms with Crippen LogP contribution in [0, 0.1) is 0 Å². The average molecular weight is 455 g/mol. The molecule has 0 N–H and O–H groups in total. The van der Waals surface area contributed by atoms with Gasteiger partial charge in [0.2, 0.25) is 10.0 Å². The van der Waals surface area contributed by atoms with Crippen LogP contribution in [0.4, 0.5) is 0 Å². The van der Waals surface area contributed by atoms with Crippen molar-refractivity contribution in [3.8, 4) is 16.3 Å². The third-order valence-electron chi connectivity index (χ3n) is 4.54. The molecule has 0 saturated heterocycles. The summed E-state index contributed by atoms with van der Waals surface area (Å²) >= 11 is 13.4. The van der Waals surface area contributed by atoms with Gasteiger partial charge in [-0.05, 0) is 30.3 Å². The quantitative estimate of drug-likeness (QED) is 0.563. The number of ether oxygens (including phenoxy) is 1. The van der Waals surface area contributed by atoms with Gasteiger partial charge in [0.25, 0.3) is 0 Å². The summed E-state index contributed by atoms with van der Waals surface area (Å²) in [7, 11) is -2.04. The molecular formula is C19H16Cl2N2O3S2. The number of thiazole rings is 1. The van der Waals surface area contributed by atoms with Crippen molar-refractivity contribution >= 4 is 44.6 Å². The van der Waals surface area contributed by atoms with Crippen LogP contribution in [0.2, 0.25) is 10.0 Å². The highest BCUT2D eigenvalue weighted by Crippen LogP contribution is 2.35. The Balaban J connectivity index is 1.63. The van der Waals surface area contributed by atoms with Crippen molar-refractivity contribution in [2.75, 3.05) is 13.7 Å². The monoisotopic (exact) mass is 454 g/mol. The molecular weight excluding hydrogens is 439 g/mol. The van der Waals surface area contributed by atoms with Crippen LogP contribution >= 0.6 is 34.5 Å². The van der Waals surface area contributed by atoms with Crippen molar-refractivity contribution in [2.45, 2.75) is 17.9 Å². The molecule has 0 spiro atoms. The van der Waals surface area contributed by atoms with E-state index in [0.29, 0.717) is 24.5 Å². The van der Waals surface area contributed by atoms with Crippen LogP contribution in [0.15, 0.2) is 47.4 Å². The van der Waals surface area contributed by atoms with E-state index in [1.807, 2.05) is 24.3 Å². The maximum atomic E-state index is 13.0. The van der Waals surface area contributed by atoms with Crippen LogP contribution in [0.25, 0.3) is 10.6 Å². The first-order valence-electron chi connectivity index (χ1n) is 8.46. The molecule has 3 aromatic rings. The molecule has 4 rings (SSSR count). The smallest absolute Gasteiger partial charge is 0.243 e. The molecule has 9 heteroatoms. The molecule has 1 aliphatic rings. The topological polar surface area (TPSA) is 59.5 Å². The maximum absolute atomic E-state index is 13.0. The van der Waals surface area contributed by atoms with E-state index >= 15 is 0 Å². The Morgan fingerprint density at radius 2 is 1.96 bits per heavy atom. The van der Waals surface area contributed by atoms with Crippen LogP contribution in [0.5, 0.6) is 5.75 Å². The number of methoxy groups -OCH3 is 1. The van der Waals surface area contributed by atoms with Crippen LogP contribution in [0.1, 0.15) is 10.6 Å². The number of benzene rings is 2. The van der Waals surface area contributed by atoms with Gasteiger partial charge in [-0.2, -0.15) is 4.31 Å². The Hall–Kier alpha value is -1.64. The first-order valence-corrected chi connectivity index (χ1v) is 11.5. The minimum Gasteiger partial charge on any atom is -0.497 e. The molecule has 0 amide bonds. The van der Waals surface area contributed by atoms with Crippen molar-refractivity contribution in [3.05, 3.63) is 63.1 Å². The Morgan fingerprint density at radius 1 is 1.14 bits per heavy atom. The predicted molar refractivity (Wildman–Crippen MR) is 112 cm³/mol. The van der Waals surface area contributed by atoms with Crippen LogP contribution in [-0.2, 0) is 23.0 Å². The van der Waals surface area contributed by atoms with Gasteiger partial charge in [0, 0.05) is 23.4 Å². The number of hydrogen-bond donors (Lipinski definition) is 0.